The number of rotatable bonds is 5. The van der Waals surface area contributed by atoms with Gasteiger partial charge in [-0.25, -0.2) is 0 Å². The summed E-state index contributed by atoms with van der Waals surface area (Å²) in [7, 11) is 0. The maximum atomic E-state index is 6.22. The Balaban J connectivity index is 1.70. The van der Waals surface area contributed by atoms with E-state index in [1.54, 1.807) is 0 Å². The number of nitrogens with two attached hydrogens (primary N) is 1. The van der Waals surface area contributed by atoms with E-state index in [0.29, 0.717) is 0 Å². The van der Waals surface area contributed by atoms with Gasteiger partial charge in [-0.2, -0.15) is 0 Å². The minimum absolute atomic E-state index is 0.173. The summed E-state index contributed by atoms with van der Waals surface area (Å²) in [5, 5.41) is 0. The van der Waals surface area contributed by atoms with Gasteiger partial charge in [-0.15, -0.1) is 0 Å². The van der Waals surface area contributed by atoms with Crippen LogP contribution in [0.25, 0.3) is 0 Å². The van der Waals surface area contributed by atoms with Crippen molar-refractivity contribution in [2.75, 3.05) is 32.8 Å². The molecule has 0 aromatic heterocycles. The Morgan fingerprint density at radius 2 is 1.89 bits per heavy atom. The molecule has 3 heteroatoms. The van der Waals surface area contributed by atoms with E-state index in [0.717, 1.165) is 45.7 Å². The van der Waals surface area contributed by atoms with E-state index in [4.69, 9.17) is 10.5 Å². The van der Waals surface area contributed by atoms with E-state index in [-0.39, 0.29) is 6.04 Å². The first-order valence-electron chi connectivity index (χ1n) is 6.88. The summed E-state index contributed by atoms with van der Waals surface area (Å²) in [6, 6.07) is 8.74. The zero-order chi connectivity index (χ0) is 12.8. The van der Waals surface area contributed by atoms with Gasteiger partial charge in [0.15, 0.2) is 0 Å². The molecule has 2 rings (SSSR count). The van der Waals surface area contributed by atoms with E-state index in [2.05, 4.69) is 36.1 Å². The molecule has 1 aliphatic heterocycles. The molecule has 18 heavy (non-hydrogen) atoms. The number of morpholine rings is 1. The molecule has 1 fully saturated rings. The molecule has 1 unspecified atom stereocenters. The lowest BCUT2D eigenvalue weighted by molar-refractivity contribution is 0.0370. The zero-order valence-corrected chi connectivity index (χ0v) is 11.3. The summed E-state index contributed by atoms with van der Waals surface area (Å²) in [6.45, 7) is 7.14. The highest BCUT2D eigenvalue weighted by atomic mass is 16.5. The first-order chi connectivity index (χ1) is 8.75. The van der Waals surface area contributed by atoms with Crippen molar-refractivity contribution in [3.63, 3.8) is 0 Å². The molecule has 1 heterocycles. The highest BCUT2D eigenvalue weighted by molar-refractivity contribution is 5.23. The van der Waals surface area contributed by atoms with Crippen LogP contribution in [-0.4, -0.2) is 37.7 Å². The molecule has 100 valence electrons. The van der Waals surface area contributed by atoms with Crippen LogP contribution in [-0.2, 0) is 4.74 Å². The number of hydrogen-bond donors (Lipinski definition) is 1. The van der Waals surface area contributed by atoms with Crippen LogP contribution in [0.4, 0.5) is 0 Å². The molecule has 1 aliphatic rings. The molecule has 1 aromatic carbocycles. The lowest BCUT2D eigenvalue weighted by atomic mass is 10.0. The smallest absolute Gasteiger partial charge is 0.0594 e. The fourth-order valence-corrected chi connectivity index (χ4v) is 2.34. The quantitative estimate of drug-likeness (QED) is 0.867. The first kappa shape index (κ1) is 13.5. The predicted molar refractivity (Wildman–Crippen MR) is 74.6 cm³/mol. The fourth-order valence-electron chi connectivity index (χ4n) is 2.34. The van der Waals surface area contributed by atoms with Crippen molar-refractivity contribution < 1.29 is 4.74 Å². The third-order valence-corrected chi connectivity index (χ3v) is 3.60. The minimum Gasteiger partial charge on any atom is -0.379 e. The molecular weight excluding hydrogens is 224 g/mol. The van der Waals surface area contributed by atoms with Crippen molar-refractivity contribution in [2.45, 2.75) is 25.8 Å². The van der Waals surface area contributed by atoms with Crippen molar-refractivity contribution in [1.29, 1.82) is 0 Å². The van der Waals surface area contributed by atoms with Gasteiger partial charge in [0.1, 0.15) is 0 Å². The monoisotopic (exact) mass is 248 g/mol. The number of benzene rings is 1. The second kappa shape index (κ2) is 6.88. The van der Waals surface area contributed by atoms with Gasteiger partial charge in [-0.3, -0.25) is 4.90 Å². The maximum absolute atomic E-state index is 6.22. The Labute approximate surface area is 110 Å². The van der Waals surface area contributed by atoms with Gasteiger partial charge in [-0.05, 0) is 31.9 Å². The number of ether oxygens (including phenoxy) is 1. The van der Waals surface area contributed by atoms with Crippen LogP contribution >= 0.6 is 0 Å². The fraction of sp³-hybridized carbons (Fsp3) is 0.600. The molecule has 0 bridgehead atoms. The summed E-state index contributed by atoms with van der Waals surface area (Å²) < 4.78 is 5.34. The van der Waals surface area contributed by atoms with Gasteiger partial charge in [-0.1, -0.05) is 29.8 Å². The molecule has 0 amide bonds. The van der Waals surface area contributed by atoms with E-state index in [9.17, 15) is 0 Å². The summed E-state index contributed by atoms with van der Waals surface area (Å²) in [5.41, 5.74) is 8.76. The normalized spacial score (nSPS) is 18.8. The van der Waals surface area contributed by atoms with Crippen molar-refractivity contribution in [2.24, 2.45) is 5.73 Å². The number of aryl methyl sites for hydroxylation is 1. The Morgan fingerprint density at radius 1 is 1.22 bits per heavy atom. The second-order valence-electron chi connectivity index (χ2n) is 5.11. The third-order valence-electron chi connectivity index (χ3n) is 3.60. The SMILES string of the molecule is Cc1ccc(C(N)CCCN2CCOCC2)cc1. The Bertz CT molecular complexity index is 344. The van der Waals surface area contributed by atoms with Crippen LogP contribution in [0.1, 0.15) is 30.0 Å². The van der Waals surface area contributed by atoms with Crippen molar-refractivity contribution in [3.05, 3.63) is 35.4 Å². The standard InChI is InChI=1S/C15H24N2O/c1-13-4-6-14(7-5-13)15(16)3-2-8-17-9-11-18-12-10-17/h4-7,15H,2-3,8-12,16H2,1H3. The van der Waals surface area contributed by atoms with Crippen LogP contribution in [0.3, 0.4) is 0 Å². The van der Waals surface area contributed by atoms with Crippen molar-refractivity contribution >= 4 is 0 Å². The van der Waals surface area contributed by atoms with Crippen molar-refractivity contribution in [1.82, 2.24) is 4.90 Å². The number of nitrogens with zero attached hydrogens (tertiary/aromatic N) is 1. The largest absolute Gasteiger partial charge is 0.379 e. The van der Waals surface area contributed by atoms with Gasteiger partial charge < -0.3 is 10.5 Å². The van der Waals surface area contributed by atoms with Gasteiger partial charge in [0.05, 0.1) is 13.2 Å². The van der Waals surface area contributed by atoms with Crippen molar-refractivity contribution in [3.8, 4) is 0 Å². The average Bonchev–Trinajstić information content (AvgIpc) is 2.40. The summed E-state index contributed by atoms with van der Waals surface area (Å²) >= 11 is 0. The highest BCUT2D eigenvalue weighted by Crippen LogP contribution is 2.16. The van der Waals surface area contributed by atoms with Gasteiger partial charge in [0, 0.05) is 19.1 Å². The molecule has 3 nitrogen and oxygen atoms in total. The van der Waals surface area contributed by atoms with Crippen LogP contribution in [0.5, 0.6) is 0 Å². The van der Waals surface area contributed by atoms with Gasteiger partial charge in [0.2, 0.25) is 0 Å². The first-order valence-corrected chi connectivity index (χ1v) is 6.88. The lowest BCUT2D eigenvalue weighted by Gasteiger charge is -2.26. The van der Waals surface area contributed by atoms with E-state index in [1.807, 2.05) is 0 Å². The average molecular weight is 248 g/mol. The van der Waals surface area contributed by atoms with Gasteiger partial charge >= 0.3 is 0 Å². The summed E-state index contributed by atoms with van der Waals surface area (Å²) in [6.07, 6.45) is 2.22. The van der Waals surface area contributed by atoms with E-state index in [1.165, 1.54) is 11.1 Å². The molecule has 0 spiro atoms. The molecule has 0 radical (unpaired) electrons. The molecule has 1 atom stereocenters. The Hall–Kier alpha value is -0.900. The molecule has 2 N–H and O–H groups in total. The molecule has 0 aliphatic carbocycles. The lowest BCUT2D eigenvalue weighted by Crippen LogP contribution is -2.37. The third kappa shape index (κ3) is 4.09. The molecule has 1 aromatic rings. The van der Waals surface area contributed by atoms with Crippen LogP contribution < -0.4 is 5.73 Å². The summed E-state index contributed by atoms with van der Waals surface area (Å²) in [5.74, 6) is 0. The van der Waals surface area contributed by atoms with Gasteiger partial charge in [0.25, 0.3) is 0 Å². The second-order valence-corrected chi connectivity index (χ2v) is 5.11. The maximum Gasteiger partial charge on any atom is 0.0594 e. The summed E-state index contributed by atoms with van der Waals surface area (Å²) in [4.78, 5) is 2.46. The highest BCUT2D eigenvalue weighted by Gasteiger charge is 2.11. The molecule has 0 saturated carbocycles. The topological polar surface area (TPSA) is 38.5 Å². The van der Waals surface area contributed by atoms with E-state index >= 15 is 0 Å². The Kier molecular flexibility index (Phi) is 5.17. The Morgan fingerprint density at radius 3 is 2.56 bits per heavy atom. The van der Waals surface area contributed by atoms with Crippen LogP contribution in [0.15, 0.2) is 24.3 Å². The van der Waals surface area contributed by atoms with E-state index < -0.39 is 0 Å². The zero-order valence-electron chi connectivity index (χ0n) is 11.3. The molecular formula is C15H24N2O. The van der Waals surface area contributed by atoms with Crippen LogP contribution in [0.2, 0.25) is 0 Å². The minimum atomic E-state index is 0.173. The predicted octanol–water partition coefficient (Wildman–Crippen LogP) is 2.11. The van der Waals surface area contributed by atoms with Crippen LogP contribution in [0, 0.1) is 6.92 Å². The molecule has 1 saturated heterocycles. The number of hydrogen-bond acceptors (Lipinski definition) is 3.